The SMILES string of the molecule is CN=C(NCC1CN(C)CCO1)NC1CC2CCC1O2.I. The van der Waals surface area contributed by atoms with E-state index >= 15 is 0 Å². The maximum atomic E-state index is 5.86. The van der Waals surface area contributed by atoms with Crippen LogP contribution in [0.5, 0.6) is 0 Å². The number of ether oxygens (including phenoxy) is 2. The third-order valence-corrected chi connectivity index (χ3v) is 4.49. The second kappa shape index (κ2) is 7.94. The summed E-state index contributed by atoms with van der Waals surface area (Å²) in [4.78, 5) is 6.61. The molecule has 122 valence electrons. The van der Waals surface area contributed by atoms with Crippen molar-refractivity contribution in [2.75, 3.05) is 40.3 Å². The molecule has 0 radical (unpaired) electrons. The van der Waals surface area contributed by atoms with Crippen molar-refractivity contribution >= 4 is 29.9 Å². The lowest BCUT2D eigenvalue weighted by Crippen LogP contribution is -2.51. The van der Waals surface area contributed by atoms with Gasteiger partial charge in [0, 0.05) is 26.7 Å². The minimum absolute atomic E-state index is 0. The van der Waals surface area contributed by atoms with Gasteiger partial charge in [0.2, 0.25) is 0 Å². The fourth-order valence-corrected chi connectivity index (χ4v) is 3.36. The molecular weight excluding hydrogens is 383 g/mol. The summed E-state index contributed by atoms with van der Waals surface area (Å²) in [7, 11) is 3.95. The molecule has 0 aromatic rings. The topological polar surface area (TPSA) is 58.1 Å². The van der Waals surface area contributed by atoms with Crippen molar-refractivity contribution in [2.45, 2.75) is 43.6 Å². The van der Waals surface area contributed by atoms with Crippen molar-refractivity contribution in [3.63, 3.8) is 0 Å². The number of hydrogen-bond donors (Lipinski definition) is 2. The Morgan fingerprint density at radius 3 is 2.86 bits per heavy atom. The Balaban J connectivity index is 0.00000161. The van der Waals surface area contributed by atoms with Crippen LogP contribution in [0.2, 0.25) is 0 Å². The molecule has 7 heteroatoms. The summed E-state index contributed by atoms with van der Waals surface area (Å²) in [6.07, 6.45) is 4.58. The van der Waals surface area contributed by atoms with Gasteiger partial charge in [-0.25, -0.2) is 0 Å². The predicted octanol–water partition coefficient (Wildman–Crippen LogP) is 0.420. The summed E-state index contributed by atoms with van der Waals surface area (Å²) in [5.41, 5.74) is 0. The van der Waals surface area contributed by atoms with Gasteiger partial charge in [-0.15, -0.1) is 24.0 Å². The molecule has 4 atom stereocenters. The molecule has 3 aliphatic heterocycles. The van der Waals surface area contributed by atoms with Gasteiger partial charge in [-0.05, 0) is 26.3 Å². The lowest BCUT2D eigenvalue weighted by molar-refractivity contribution is -0.0161. The number of rotatable bonds is 3. The lowest BCUT2D eigenvalue weighted by Gasteiger charge is -2.31. The molecule has 0 amide bonds. The number of fused-ring (bicyclic) bond motifs is 2. The van der Waals surface area contributed by atoms with Gasteiger partial charge in [-0.1, -0.05) is 0 Å². The summed E-state index contributed by atoms with van der Waals surface area (Å²) in [5.74, 6) is 0.864. The highest BCUT2D eigenvalue weighted by molar-refractivity contribution is 14.0. The minimum Gasteiger partial charge on any atom is -0.374 e. The van der Waals surface area contributed by atoms with Crippen molar-refractivity contribution < 1.29 is 9.47 Å². The van der Waals surface area contributed by atoms with Crippen LogP contribution in [-0.2, 0) is 9.47 Å². The highest BCUT2D eigenvalue weighted by atomic mass is 127. The Hall–Kier alpha value is -0.120. The molecule has 0 aliphatic carbocycles. The number of morpholine rings is 1. The van der Waals surface area contributed by atoms with Gasteiger partial charge in [0.15, 0.2) is 5.96 Å². The average Bonchev–Trinajstić information content (AvgIpc) is 3.06. The summed E-state index contributed by atoms with van der Waals surface area (Å²) in [5, 5.41) is 6.87. The normalized spacial score (nSPS) is 36.4. The molecule has 2 bridgehead atoms. The van der Waals surface area contributed by atoms with E-state index in [0.717, 1.165) is 38.6 Å². The number of nitrogens with zero attached hydrogens (tertiary/aromatic N) is 2. The average molecular weight is 410 g/mol. The molecule has 2 N–H and O–H groups in total. The first-order valence-corrected chi connectivity index (χ1v) is 7.67. The van der Waals surface area contributed by atoms with E-state index in [1.165, 1.54) is 12.8 Å². The van der Waals surface area contributed by atoms with Gasteiger partial charge < -0.3 is 25.0 Å². The quantitative estimate of drug-likeness (QED) is 0.401. The van der Waals surface area contributed by atoms with E-state index in [0.29, 0.717) is 18.2 Å². The van der Waals surface area contributed by atoms with Crippen LogP contribution in [-0.4, -0.2) is 75.5 Å². The summed E-state index contributed by atoms with van der Waals surface area (Å²) >= 11 is 0. The van der Waals surface area contributed by atoms with Crippen LogP contribution in [0.3, 0.4) is 0 Å². The number of aliphatic imine (C=N–C) groups is 1. The van der Waals surface area contributed by atoms with E-state index in [1.807, 2.05) is 7.05 Å². The summed E-state index contributed by atoms with van der Waals surface area (Å²) in [6.45, 7) is 3.61. The standard InChI is InChI=1S/C14H26N4O2.HI/c1-15-14(16-8-11-9-18(2)5-6-19-11)17-12-7-10-3-4-13(12)20-10;/h10-13H,3-9H2,1-2H3,(H2,15,16,17);1H. The number of hydrogen-bond acceptors (Lipinski definition) is 4. The Kier molecular flexibility index (Phi) is 6.51. The molecule has 21 heavy (non-hydrogen) atoms. The first kappa shape index (κ1) is 17.2. The van der Waals surface area contributed by atoms with Gasteiger partial charge in [0.25, 0.3) is 0 Å². The van der Waals surface area contributed by atoms with Crippen LogP contribution in [0.1, 0.15) is 19.3 Å². The third-order valence-electron chi connectivity index (χ3n) is 4.49. The monoisotopic (exact) mass is 410 g/mol. The summed E-state index contributed by atoms with van der Waals surface area (Å²) < 4.78 is 11.6. The summed E-state index contributed by atoms with van der Waals surface area (Å²) in [6, 6.07) is 0.412. The second-order valence-electron chi connectivity index (χ2n) is 6.07. The Labute approximate surface area is 144 Å². The molecule has 6 nitrogen and oxygen atoms in total. The number of halogens is 1. The fraction of sp³-hybridized carbons (Fsp3) is 0.929. The Bertz CT molecular complexity index is 369. The van der Waals surface area contributed by atoms with Gasteiger partial charge in [0.05, 0.1) is 31.0 Å². The van der Waals surface area contributed by atoms with Crippen LogP contribution in [0, 0.1) is 0 Å². The van der Waals surface area contributed by atoms with Gasteiger partial charge >= 0.3 is 0 Å². The zero-order valence-electron chi connectivity index (χ0n) is 12.9. The molecule has 0 aromatic carbocycles. The maximum absolute atomic E-state index is 5.86. The molecule has 0 aromatic heterocycles. The fourth-order valence-electron chi connectivity index (χ4n) is 3.36. The first-order chi connectivity index (χ1) is 9.74. The van der Waals surface area contributed by atoms with Crippen LogP contribution in [0.15, 0.2) is 4.99 Å². The van der Waals surface area contributed by atoms with E-state index in [-0.39, 0.29) is 30.1 Å². The zero-order chi connectivity index (χ0) is 13.9. The predicted molar refractivity (Wildman–Crippen MR) is 93.4 cm³/mol. The van der Waals surface area contributed by atoms with Crippen LogP contribution in [0.25, 0.3) is 0 Å². The molecule has 0 spiro atoms. The van der Waals surface area contributed by atoms with Crippen LogP contribution in [0.4, 0.5) is 0 Å². The lowest BCUT2D eigenvalue weighted by atomic mass is 9.96. The van der Waals surface area contributed by atoms with E-state index in [1.54, 1.807) is 0 Å². The highest BCUT2D eigenvalue weighted by Gasteiger charge is 2.41. The van der Waals surface area contributed by atoms with Crippen molar-refractivity contribution in [3.8, 4) is 0 Å². The maximum Gasteiger partial charge on any atom is 0.191 e. The molecule has 4 unspecified atom stereocenters. The van der Waals surface area contributed by atoms with Crippen molar-refractivity contribution in [2.24, 2.45) is 4.99 Å². The number of guanidine groups is 1. The molecule has 0 saturated carbocycles. The number of nitrogens with one attached hydrogen (secondary N) is 2. The van der Waals surface area contributed by atoms with E-state index in [4.69, 9.17) is 9.47 Å². The van der Waals surface area contributed by atoms with E-state index < -0.39 is 0 Å². The minimum atomic E-state index is 0. The first-order valence-electron chi connectivity index (χ1n) is 7.67. The zero-order valence-corrected chi connectivity index (χ0v) is 15.2. The molecule has 3 fully saturated rings. The third kappa shape index (κ3) is 4.43. The molecular formula is C14H27IN4O2. The van der Waals surface area contributed by atoms with Crippen molar-refractivity contribution in [1.82, 2.24) is 15.5 Å². The van der Waals surface area contributed by atoms with Gasteiger partial charge in [-0.3, -0.25) is 4.99 Å². The van der Waals surface area contributed by atoms with Crippen LogP contribution >= 0.6 is 24.0 Å². The van der Waals surface area contributed by atoms with E-state index in [2.05, 4.69) is 27.6 Å². The molecule has 3 aliphatic rings. The smallest absolute Gasteiger partial charge is 0.191 e. The van der Waals surface area contributed by atoms with Gasteiger partial charge in [0.1, 0.15) is 0 Å². The van der Waals surface area contributed by atoms with Crippen molar-refractivity contribution in [3.05, 3.63) is 0 Å². The molecule has 3 heterocycles. The molecule has 3 rings (SSSR count). The number of likely N-dealkylation sites (N-methyl/N-ethyl adjacent to an activating group) is 1. The largest absolute Gasteiger partial charge is 0.374 e. The van der Waals surface area contributed by atoms with Crippen molar-refractivity contribution in [1.29, 1.82) is 0 Å². The van der Waals surface area contributed by atoms with Gasteiger partial charge in [-0.2, -0.15) is 0 Å². The van der Waals surface area contributed by atoms with E-state index in [9.17, 15) is 0 Å². The highest BCUT2D eigenvalue weighted by Crippen LogP contribution is 2.34. The Morgan fingerprint density at radius 2 is 2.24 bits per heavy atom. The van der Waals surface area contributed by atoms with Crippen LogP contribution < -0.4 is 10.6 Å². The second-order valence-corrected chi connectivity index (χ2v) is 6.07. The molecule has 3 saturated heterocycles. The Morgan fingerprint density at radius 1 is 1.38 bits per heavy atom.